The second kappa shape index (κ2) is 8.95. The lowest BCUT2D eigenvalue weighted by Crippen LogP contribution is -2.22. The highest BCUT2D eigenvalue weighted by molar-refractivity contribution is 7.17. The number of nitrogens with one attached hydrogen (secondary N) is 1. The molecule has 8 nitrogen and oxygen atoms in total. The molecule has 3 rings (SSSR count). The number of fused-ring (bicyclic) bond motifs is 1. The van der Waals surface area contributed by atoms with Crippen molar-refractivity contribution in [1.82, 2.24) is 0 Å². The van der Waals surface area contributed by atoms with E-state index in [1.54, 1.807) is 6.92 Å². The van der Waals surface area contributed by atoms with Gasteiger partial charge in [-0.1, -0.05) is 0 Å². The van der Waals surface area contributed by atoms with E-state index in [0.29, 0.717) is 10.6 Å². The van der Waals surface area contributed by atoms with E-state index >= 15 is 0 Å². The minimum atomic E-state index is -0.829. The van der Waals surface area contributed by atoms with E-state index < -0.39 is 24.5 Å². The molecule has 1 aliphatic rings. The van der Waals surface area contributed by atoms with Gasteiger partial charge in [-0.3, -0.25) is 4.79 Å². The fraction of sp³-hybridized carbons (Fsp3) is 0.350. The van der Waals surface area contributed by atoms with Gasteiger partial charge in [0, 0.05) is 10.6 Å². The van der Waals surface area contributed by atoms with Crippen LogP contribution < -0.4 is 11.1 Å². The first-order valence-corrected chi connectivity index (χ1v) is 10.1. The second-order valence-electron chi connectivity index (χ2n) is 6.53. The van der Waals surface area contributed by atoms with Crippen LogP contribution in [0.4, 0.5) is 10.7 Å². The number of aromatic hydroxyl groups is 1. The topological polar surface area (TPSA) is 128 Å². The summed E-state index contributed by atoms with van der Waals surface area (Å²) in [6.45, 7) is 1.40. The van der Waals surface area contributed by atoms with Crippen LogP contribution in [-0.2, 0) is 27.1 Å². The second-order valence-corrected chi connectivity index (χ2v) is 7.64. The third kappa shape index (κ3) is 4.68. The van der Waals surface area contributed by atoms with Crippen molar-refractivity contribution in [1.29, 1.82) is 0 Å². The molecule has 0 spiro atoms. The molecule has 1 aromatic carbocycles. The summed E-state index contributed by atoms with van der Waals surface area (Å²) in [5.74, 6) is -2.02. The molecule has 29 heavy (non-hydrogen) atoms. The number of nitrogen functional groups attached to an aromatic ring is 1. The van der Waals surface area contributed by atoms with Gasteiger partial charge in [0.15, 0.2) is 6.61 Å². The fourth-order valence-corrected chi connectivity index (χ4v) is 4.46. The molecule has 0 saturated carbocycles. The molecule has 0 fully saturated rings. The lowest BCUT2D eigenvalue weighted by molar-refractivity contribution is -0.119. The van der Waals surface area contributed by atoms with E-state index in [9.17, 15) is 19.5 Å². The van der Waals surface area contributed by atoms with Crippen LogP contribution in [0.3, 0.4) is 0 Å². The van der Waals surface area contributed by atoms with E-state index in [-0.39, 0.29) is 23.6 Å². The molecule has 0 saturated heterocycles. The largest absolute Gasteiger partial charge is 0.508 e. The van der Waals surface area contributed by atoms with E-state index in [4.69, 9.17) is 15.2 Å². The van der Waals surface area contributed by atoms with Crippen molar-refractivity contribution in [2.45, 2.75) is 32.6 Å². The molecule has 154 valence electrons. The third-order valence-electron chi connectivity index (χ3n) is 4.49. The van der Waals surface area contributed by atoms with Crippen molar-refractivity contribution in [3.8, 4) is 5.75 Å². The van der Waals surface area contributed by atoms with Crippen LogP contribution in [-0.4, -0.2) is 36.2 Å². The molecule has 1 aromatic heterocycles. The Morgan fingerprint density at radius 2 is 1.93 bits per heavy atom. The Morgan fingerprint density at radius 3 is 2.69 bits per heavy atom. The molecule has 0 aliphatic heterocycles. The van der Waals surface area contributed by atoms with Gasteiger partial charge in [-0.15, -0.1) is 11.3 Å². The van der Waals surface area contributed by atoms with Gasteiger partial charge in [-0.05, 0) is 56.4 Å². The number of hydrogen-bond donors (Lipinski definition) is 3. The van der Waals surface area contributed by atoms with Crippen LogP contribution in [0.1, 0.15) is 50.9 Å². The Morgan fingerprint density at radius 1 is 1.17 bits per heavy atom. The maximum Gasteiger partial charge on any atom is 0.341 e. The summed E-state index contributed by atoms with van der Waals surface area (Å²) in [7, 11) is 0. The van der Waals surface area contributed by atoms with Gasteiger partial charge in [0.05, 0.1) is 17.7 Å². The van der Waals surface area contributed by atoms with Gasteiger partial charge in [-0.2, -0.15) is 0 Å². The zero-order valence-electron chi connectivity index (χ0n) is 15.9. The van der Waals surface area contributed by atoms with E-state index in [1.165, 1.54) is 29.5 Å². The summed E-state index contributed by atoms with van der Waals surface area (Å²) in [5.41, 5.74) is 7.12. The fourth-order valence-electron chi connectivity index (χ4n) is 3.17. The predicted molar refractivity (Wildman–Crippen MR) is 108 cm³/mol. The van der Waals surface area contributed by atoms with Crippen molar-refractivity contribution < 1.29 is 29.0 Å². The molecule has 2 aromatic rings. The lowest BCUT2D eigenvalue weighted by atomic mass is 9.95. The highest BCUT2D eigenvalue weighted by Gasteiger charge is 2.27. The zero-order valence-corrected chi connectivity index (χ0v) is 16.8. The Bertz CT molecular complexity index is 953. The number of phenols is 1. The number of nitrogens with two attached hydrogens (primary N) is 1. The number of carbonyl (C=O) groups is 3. The maximum absolute atomic E-state index is 12.4. The number of ether oxygens (including phenoxy) is 2. The zero-order chi connectivity index (χ0) is 21.0. The summed E-state index contributed by atoms with van der Waals surface area (Å²) in [6, 6.07) is 3.88. The number of rotatable bonds is 6. The standard InChI is InChI=1S/C20H22N2O6S/c1-2-27-20(26)17-12-5-3-4-6-15(12)29-18(17)22-16(24)10-28-19(25)13-9-11(23)7-8-14(13)21/h7-9,23H,2-6,10,21H2,1H3,(H,22,24). The molecule has 9 heteroatoms. The lowest BCUT2D eigenvalue weighted by Gasteiger charge is -2.12. The van der Waals surface area contributed by atoms with Gasteiger partial charge in [-0.25, -0.2) is 9.59 Å². The highest BCUT2D eigenvalue weighted by Crippen LogP contribution is 2.38. The normalized spacial score (nSPS) is 12.7. The minimum Gasteiger partial charge on any atom is -0.508 e. The summed E-state index contributed by atoms with van der Waals surface area (Å²) in [4.78, 5) is 37.9. The third-order valence-corrected chi connectivity index (χ3v) is 5.70. The summed E-state index contributed by atoms with van der Waals surface area (Å²) in [5, 5.41) is 12.6. The van der Waals surface area contributed by atoms with Crippen molar-refractivity contribution in [2.24, 2.45) is 0 Å². The first-order chi connectivity index (χ1) is 13.9. The van der Waals surface area contributed by atoms with Crippen molar-refractivity contribution in [3.05, 3.63) is 39.8 Å². The molecule has 1 aliphatic carbocycles. The molecular weight excluding hydrogens is 396 g/mol. The predicted octanol–water partition coefficient (Wildman–Crippen LogP) is 2.89. The quantitative estimate of drug-likeness (QED) is 0.374. The Hall–Kier alpha value is -3.07. The van der Waals surface area contributed by atoms with Gasteiger partial charge in [0.25, 0.3) is 5.91 Å². The average molecular weight is 418 g/mol. The van der Waals surface area contributed by atoms with Gasteiger partial charge in [0.2, 0.25) is 0 Å². The number of aryl methyl sites for hydroxylation is 1. The summed E-state index contributed by atoms with van der Waals surface area (Å²) < 4.78 is 10.1. The van der Waals surface area contributed by atoms with Gasteiger partial charge < -0.3 is 25.6 Å². The first-order valence-electron chi connectivity index (χ1n) is 9.27. The number of hydrogen-bond acceptors (Lipinski definition) is 8. The van der Waals surface area contributed by atoms with Crippen LogP contribution in [0.15, 0.2) is 18.2 Å². The Labute approximate surface area is 171 Å². The number of anilines is 2. The Balaban J connectivity index is 1.70. The van der Waals surface area contributed by atoms with Crippen LogP contribution in [0.5, 0.6) is 5.75 Å². The van der Waals surface area contributed by atoms with Gasteiger partial charge in [0.1, 0.15) is 10.8 Å². The SMILES string of the molecule is CCOC(=O)c1c(NC(=O)COC(=O)c2cc(O)ccc2N)sc2c1CCCC2. The molecule has 1 amide bonds. The minimum absolute atomic E-state index is 0.0309. The van der Waals surface area contributed by atoms with Crippen LogP contribution >= 0.6 is 11.3 Å². The van der Waals surface area contributed by atoms with Crippen molar-refractivity contribution in [2.75, 3.05) is 24.3 Å². The van der Waals surface area contributed by atoms with Crippen LogP contribution in [0.25, 0.3) is 0 Å². The first kappa shape index (κ1) is 20.7. The van der Waals surface area contributed by atoms with Crippen LogP contribution in [0.2, 0.25) is 0 Å². The molecular formula is C20H22N2O6S. The van der Waals surface area contributed by atoms with Crippen molar-refractivity contribution >= 4 is 39.9 Å². The molecule has 0 radical (unpaired) electrons. The number of carbonyl (C=O) groups excluding carboxylic acids is 3. The number of phenolic OH excluding ortho intramolecular Hbond substituents is 1. The summed E-state index contributed by atoms with van der Waals surface area (Å²) in [6.07, 6.45) is 3.63. The highest BCUT2D eigenvalue weighted by atomic mass is 32.1. The molecule has 1 heterocycles. The van der Waals surface area contributed by atoms with E-state index in [1.807, 2.05) is 0 Å². The monoisotopic (exact) mass is 418 g/mol. The number of benzene rings is 1. The smallest absolute Gasteiger partial charge is 0.341 e. The maximum atomic E-state index is 12.4. The average Bonchev–Trinajstić information content (AvgIpc) is 3.06. The van der Waals surface area contributed by atoms with E-state index in [0.717, 1.165) is 36.1 Å². The summed E-state index contributed by atoms with van der Waals surface area (Å²) >= 11 is 1.35. The van der Waals surface area contributed by atoms with Crippen LogP contribution in [0, 0.1) is 0 Å². The molecule has 0 atom stereocenters. The Kier molecular flexibility index (Phi) is 6.38. The van der Waals surface area contributed by atoms with E-state index in [2.05, 4.69) is 5.32 Å². The number of thiophene rings is 1. The molecule has 0 bridgehead atoms. The van der Waals surface area contributed by atoms with Crippen molar-refractivity contribution in [3.63, 3.8) is 0 Å². The number of amides is 1. The molecule has 0 unspecified atom stereocenters. The van der Waals surface area contributed by atoms with Gasteiger partial charge >= 0.3 is 11.9 Å². The molecule has 4 N–H and O–H groups in total. The number of esters is 2.